The van der Waals surface area contributed by atoms with E-state index in [1.807, 2.05) is 20.8 Å². The second-order valence-electron chi connectivity index (χ2n) is 8.88. The van der Waals surface area contributed by atoms with Crippen molar-refractivity contribution in [2.24, 2.45) is 5.92 Å². The molecule has 1 saturated carbocycles. The minimum absolute atomic E-state index is 0.0957. The van der Waals surface area contributed by atoms with E-state index in [0.29, 0.717) is 5.89 Å². The molecule has 3 rings (SSSR count). The lowest BCUT2D eigenvalue weighted by molar-refractivity contribution is -0.155. The van der Waals surface area contributed by atoms with Crippen LogP contribution < -0.4 is 5.73 Å². The van der Waals surface area contributed by atoms with Crippen LogP contribution in [0.15, 0.2) is 9.15 Å². The molecule has 0 saturated heterocycles. The number of aromatic nitrogens is 4. The molecule has 0 aliphatic heterocycles. The Labute approximate surface area is 170 Å². The number of hydrogen-bond acceptors (Lipinski definition) is 9. The number of hydrogen-bond donors (Lipinski definition) is 1. The summed E-state index contributed by atoms with van der Waals surface area (Å²) in [5, 5.41) is 11.2. The van der Waals surface area contributed by atoms with Crippen LogP contribution in [0.4, 0.5) is 5.82 Å². The summed E-state index contributed by atoms with van der Waals surface area (Å²) in [7, 11) is 0. The quantitative estimate of drug-likeness (QED) is 0.640. The fraction of sp³-hybridized carbons (Fsp3) is 0.750. The molecule has 2 N–H and O–H groups in total. The Morgan fingerprint density at radius 2 is 1.97 bits per heavy atom. The summed E-state index contributed by atoms with van der Waals surface area (Å²) in [4.78, 5) is 16.8. The summed E-state index contributed by atoms with van der Waals surface area (Å²) in [5.41, 5.74) is 5.41. The molecule has 2 aromatic rings. The first-order valence-electron chi connectivity index (χ1n) is 10.5. The van der Waals surface area contributed by atoms with Crippen LogP contribution in [0.25, 0.3) is 11.5 Å². The standard InChI is InChI=1S/C20H31N5O4/c1-20(2,3)27-15(26)12-14(11-7-10-13-8-5-4-6-9-13)19-22-18(25-28-19)16-17(21)24-29-23-16/h13-14H,4-12H2,1-3H3,(H2,21,24). The highest BCUT2D eigenvalue weighted by Crippen LogP contribution is 2.32. The fourth-order valence-corrected chi connectivity index (χ4v) is 3.87. The Balaban J connectivity index is 1.67. The number of nitrogens with zero attached hydrogens (tertiary/aromatic N) is 4. The number of nitrogens with two attached hydrogens (primary N) is 1. The van der Waals surface area contributed by atoms with Gasteiger partial charge in [-0.1, -0.05) is 50.1 Å². The van der Waals surface area contributed by atoms with Gasteiger partial charge in [0.1, 0.15) is 5.60 Å². The third-order valence-electron chi connectivity index (χ3n) is 5.24. The van der Waals surface area contributed by atoms with E-state index < -0.39 is 5.60 Å². The number of rotatable bonds is 8. The van der Waals surface area contributed by atoms with E-state index >= 15 is 0 Å². The van der Waals surface area contributed by atoms with Gasteiger partial charge >= 0.3 is 5.97 Å². The van der Waals surface area contributed by atoms with Crippen LogP contribution in [0.2, 0.25) is 0 Å². The molecule has 29 heavy (non-hydrogen) atoms. The molecule has 1 fully saturated rings. The highest BCUT2D eigenvalue weighted by Gasteiger charge is 2.27. The van der Waals surface area contributed by atoms with Gasteiger partial charge in [-0.2, -0.15) is 4.98 Å². The molecule has 2 heterocycles. The van der Waals surface area contributed by atoms with E-state index in [0.717, 1.165) is 25.2 Å². The summed E-state index contributed by atoms with van der Waals surface area (Å²) in [6.07, 6.45) is 9.75. The number of ether oxygens (including phenoxy) is 1. The van der Waals surface area contributed by atoms with Crippen molar-refractivity contribution in [3.05, 3.63) is 5.89 Å². The van der Waals surface area contributed by atoms with Crippen LogP contribution in [0, 0.1) is 5.92 Å². The van der Waals surface area contributed by atoms with Crippen molar-refractivity contribution in [3.8, 4) is 11.5 Å². The average Bonchev–Trinajstić information content (AvgIpc) is 3.29. The molecule has 1 unspecified atom stereocenters. The number of anilines is 1. The number of carbonyl (C=O) groups excluding carboxylic acids is 1. The topological polar surface area (TPSA) is 130 Å². The third kappa shape index (κ3) is 6.27. The van der Waals surface area contributed by atoms with Gasteiger partial charge in [0.15, 0.2) is 11.5 Å². The minimum atomic E-state index is -0.537. The van der Waals surface area contributed by atoms with Crippen LogP contribution in [-0.2, 0) is 9.53 Å². The highest BCUT2D eigenvalue weighted by atomic mass is 16.6. The first-order chi connectivity index (χ1) is 13.8. The van der Waals surface area contributed by atoms with Gasteiger partial charge in [-0.25, -0.2) is 4.63 Å². The van der Waals surface area contributed by atoms with E-state index in [4.69, 9.17) is 15.0 Å². The zero-order valence-electron chi connectivity index (χ0n) is 17.5. The van der Waals surface area contributed by atoms with Gasteiger partial charge in [0.2, 0.25) is 11.7 Å². The molecule has 9 nitrogen and oxygen atoms in total. The maximum atomic E-state index is 12.4. The van der Waals surface area contributed by atoms with E-state index in [9.17, 15) is 4.79 Å². The molecular formula is C20H31N5O4. The number of nitrogen functional groups attached to an aromatic ring is 1. The predicted molar refractivity (Wildman–Crippen MR) is 106 cm³/mol. The van der Waals surface area contributed by atoms with E-state index in [-0.39, 0.29) is 35.6 Å². The average molecular weight is 405 g/mol. The van der Waals surface area contributed by atoms with E-state index in [2.05, 4.69) is 25.1 Å². The summed E-state index contributed by atoms with van der Waals surface area (Å²) in [5.74, 6) is 0.985. The summed E-state index contributed by atoms with van der Waals surface area (Å²) in [6.45, 7) is 5.57. The first kappa shape index (κ1) is 21.3. The Kier molecular flexibility index (Phi) is 6.87. The van der Waals surface area contributed by atoms with Crippen molar-refractivity contribution >= 4 is 11.8 Å². The lowest BCUT2D eigenvalue weighted by Crippen LogP contribution is -2.25. The lowest BCUT2D eigenvalue weighted by atomic mass is 9.84. The van der Waals surface area contributed by atoms with Crippen molar-refractivity contribution in [2.75, 3.05) is 5.73 Å². The second kappa shape index (κ2) is 9.37. The smallest absolute Gasteiger partial charge is 0.307 e. The van der Waals surface area contributed by atoms with Crippen molar-refractivity contribution in [3.63, 3.8) is 0 Å². The zero-order chi connectivity index (χ0) is 20.9. The first-order valence-corrected chi connectivity index (χ1v) is 10.5. The molecule has 0 bridgehead atoms. The van der Waals surface area contributed by atoms with Gasteiger partial charge in [-0.05, 0) is 43.4 Å². The van der Waals surface area contributed by atoms with Crippen molar-refractivity contribution in [1.29, 1.82) is 0 Å². The van der Waals surface area contributed by atoms with Gasteiger partial charge in [0, 0.05) is 5.92 Å². The molecule has 0 radical (unpaired) electrons. The molecule has 0 amide bonds. The predicted octanol–water partition coefficient (Wildman–Crippen LogP) is 4.27. The molecule has 9 heteroatoms. The fourth-order valence-electron chi connectivity index (χ4n) is 3.87. The van der Waals surface area contributed by atoms with E-state index in [1.165, 1.54) is 32.1 Å². The van der Waals surface area contributed by atoms with Crippen molar-refractivity contribution in [2.45, 2.75) is 90.1 Å². The Morgan fingerprint density at radius 1 is 1.21 bits per heavy atom. The zero-order valence-corrected chi connectivity index (χ0v) is 17.5. The molecule has 1 aliphatic carbocycles. The van der Waals surface area contributed by atoms with Gasteiger partial charge < -0.3 is 15.0 Å². The van der Waals surface area contributed by atoms with Crippen LogP contribution in [0.1, 0.15) is 90.4 Å². The summed E-state index contributed by atoms with van der Waals surface area (Å²) < 4.78 is 15.5. The van der Waals surface area contributed by atoms with Crippen LogP contribution in [0.3, 0.4) is 0 Å². The largest absolute Gasteiger partial charge is 0.460 e. The Hall–Kier alpha value is -2.45. The second-order valence-corrected chi connectivity index (χ2v) is 8.88. The molecule has 0 spiro atoms. The Morgan fingerprint density at radius 3 is 2.62 bits per heavy atom. The molecule has 2 aromatic heterocycles. The van der Waals surface area contributed by atoms with Gasteiger partial charge in [-0.3, -0.25) is 4.79 Å². The maximum absolute atomic E-state index is 12.4. The SMILES string of the molecule is CC(C)(C)OC(=O)CC(CCCC1CCCCC1)c1nc(-c2nonc2N)no1. The monoisotopic (exact) mass is 405 g/mol. The van der Waals surface area contributed by atoms with Crippen molar-refractivity contribution < 1.29 is 18.7 Å². The van der Waals surface area contributed by atoms with E-state index in [1.54, 1.807) is 0 Å². The lowest BCUT2D eigenvalue weighted by Gasteiger charge is -2.23. The molecule has 160 valence electrons. The molecule has 0 aromatic carbocycles. The highest BCUT2D eigenvalue weighted by molar-refractivity contribution is 5.71. The molecule has 1 aliphatic rings. The van der Waals surface area contributed by atoms with Crippen LogP contribution in [-0.4, -0.2) is 32.0 Å². The maximum Gasteiger partial charge on any atom is 0.307 e. The minimum Gasteiger partial charge on any atom is -0.460 e. The van der Waals surface area contributed by atoms with Crippen molar-refractivity contribution in [1.82, 2.24) is 20.5 Å². The van der Waals surface area contributed by atoms with Crippen LogP contribution >= 0.6 is 0 Å². The summed E-state index contributed by atoms with van der Waals surface area (Å²) in [6, 6.07) is 0. The Bertz CT molecular complexity index is 789. The third-order valence-corrected chi connectivity index (χ3v) is 5.24. The molecule has 1 atom stereocenters. The summed E-state index contributed by atoms with van der Waals surface area (Å²) >= 11 is 0. The number of esters is 1. The number of carbonyl (C=O) groups is 1. The van der Waals surface area contributed by atoms with Gasteiger partial charge in [-0.15, -0.1) is 0 Å². The molecular weight excluding hydrogens is 374 g/mol. The van der Waals surface area contributed by atoms with Gasteiger partial charge in [0.05, 0.1) is 6.42 Å². The van der Waals surface area contributed by atoms with Gasteiger partial charge in [0.25, 0.3) is 0 Å². The normalized spacial score (nSPS) is 16.7. The van der Waals surface area contributed by atoms with Crippen LogP contribution in [0.5, 0.6) is 0 Å².